The summed E-state index contributed by atoms with van der Waals surface area (Å²) < 4.78 is 1.80. The van der Waals surface area contributed by atoms with Gasteiger partial charge in [0.1, 0.15) is 5.69 Å². The first kappa shape index (κ1) is 16.1. The first-order valence-electron chi connectivity index (χ1n) is 9.16. The standard InChI is InChI=1S/C19H25N5O/c1-23-12-6-15(22-23)14-19(7-8-19)21-18(25)17-13-16(5-9-20-17)24-10-3-2-4-11-24/h5-6,9,12-13H,2-4,7-8,10-11,14H2,1H3,(H,21,25). The molecule has 2 aliphatic rings. The molecule has 4 rings (SSSR count). The van der Waals surface area contributed by atoms with Crippen LogP contribution in [0.4, 0.5) is 5.69 Å². The normalized spacial score (nSPS) is 18.8. The molecule has 0 bridgehead atoms. The Bertz CT molecular complexity index is 759. The van der Waals surface area contributed by atoms with Crippen molar-refractivity contribution in [1.82, 2.24) is 20.1 Å². The van der Waals surface area contributed by atoms with E-state index in [1.807, 2.05) is 31.4 Å². The molecule has 132 valence electrons. The predicted octanol–water partition coefficient (Wildman–Crippen LogP) is 2.31. The molecule has 1 saturated carbocycles. The zero-order valence-corrected chi connectivity index (χ0v) is 14.7. The molecule has 2 fully saturated rings. The molecule has 6 nitrogen and oxygen atoms in total. The highest BCUT2D eigenvalue weighted by molar-refractivity contribution is 5.94. The third kappa shape index (κ3) is 3.67. The number of piperidine rings is 1. The number of pyridine rings is 1. The van der Waals surface area contributed by atoms with Crippen LogP contribution in [0.5, 0.6) is 0 Å². The Hall–Kier alpha value is -2.37. The summed E-state index contributed by atoms with van der Waals surface area (Å²) in [6.07, 6.45) is 10.2. The van der Waals surface area contributed by atoms with Crippen molar-refractivity contribution in [3.8, 4) is 0 Å². The molecule has 1 amide bonds. The number of nitrogens with zero attached hydrogens (tertiary/aromatic N) is 4. The molecular formula is C19H25N5O. The summed E-state index contributed by atoms with van der Waals surface area (Å²) in [5.41, 5.74) is 2.49. The largest absolute Gasteiger partial charge is 0.371 e. The second-order valence-corrected chi connectivity index (χ2v) is 7.34. The number of aryl methyl sites for hydroxylation is 1. The van der Waals surface area contributed by atoms with E-state index >= 15 is 0 Å². The third-order valence-electron chi connectivity index (χ3n) is 5.22. The van der Waals surface area contributed by atoms with Crippen LogP contribution in [0, 0.1) is 0 Å². The van der Waals surface area contributed by atoms with Crippen LogP contribution in [-0.4, -0.2) is 39.3 Å². The van der Waals surface area contributed by atoms with E-state index in [9.17, 15) is 4.79 Å². The summed E-state index contributed by atoms with van der Waals surface area (Å²) in [6.45, 7) is 2.13. The average molecular weight is 339 g/mol. The minimum atomic E-state index is -0.145. The highest BCUT2D eigenvalue weighted by Gasteiger charge is 2.44. The van der Waals surface area contributed by atoms with E-state index in [0.717, 1.165) is 43.7 Å². The highest BCUT2D eigenvalue weighted by atomic mass is 16.2. The molecule has 0 spiro atoms. The second kappa shape index (κ2) is 6.50. The average Bonchev–Trinajstić information content (AvgIpc) is 3.27. The van der Waals surface area contributed by atoms with Gasteiger partial charge in [0.15, 0.2) is 0 Å². The van der Waals surface area contributed by atoms with Crippen LogP contribution < -0.4 is 10.2 Å². The van der Waals surface area contributed by atoms with Gasteiger partial charge in [-0.1, -0.05) is 0 Å². The molecule has 6 heteroatoms. The van der Waals surface area contributed by atoms with Gasteiger partial charge in [-0.25, -0.2) is 0 Å². The molecule has 1 saturated heterocycles. The van der Waals surface area contributed by atoms with Crippen LogP contribution in [0.1, 0.15) is 48.3 Å². The minimum Gasteiger partial charge on any atom is -0.371 e. The molecule has 2 aromatic rings. The van der Waals surface area contributed by atoms with Gasteiger partial charge in [0, 0.05) is 50.2 Å². The van der Waals surface area contributed by atoms with E-state index in [1.54, 1.807) is 10.9 Å². The Balaban J connectivity index is 1.44. The molecular weight excluding hydrogens is 314 g/mol. The lowest BCUT2D eigenvalue weighted by atomic mass is 10.1. The smallest absolute Gasteiger partial charge is 0.270 e. The Kier molecular flexibility index (Phi) is 4.19. The third-order valence-corrected chi connectivity index (χ3v) is 5.22. The molecule has 3 heterocycles. The topological polar surface area (TPSA) is 63.1 Å². The van der Waals surface area contributed by atoms with Gasteiger partial charge in [-0.3, -0.25) is 14.5 Å². The molecule has 0 atom stereocenters. The fourth-order valence-electron chi connectivity index (χ4n) is 3.60. The summed E-state index contributed by atoms with van der Waals surface area (Å²) in [5.74, 6) is -0.0766. The van der Waals surface area contributed by atoms with Crippen molar-refractivity contribution < 1.29 is 4.79 Å². The number of carbonyl (C=O) groups excluding carboxylic acids is 1. The number of carbonyl (C=O) groups is 1. The van der Waals surface area contributed by atoms with Gasteiger partial charge >= 0.3 is 0 Å². The molecule has 2 aromatic heterocycles. The zero-order valence-electron chi connectivity index (χ0n) is 14.7. The monoisotopic (exact) mass is 339 g/mol. The van der Waals surface area contributed by atoms with E-state index in [1.165, 1.54) is 19.3 Å². The molecule has 1 aliphatic carbocycles. The Labute approximate surface area is 148 Å². The number of amides is 1. The van der Waals surface area contributed by atoms with Crippen molar-refractivity contribution >= 4 is 11.6 Å². The van der Waals surface area contributed by atoms with Crippen molar-refractivity contribution in [1.29, 1.82) is 0 Å². The number of anilines is 1. The first-order valence-corrected chi connectivity index (χ1v) is 9.16. The molecule has 25 heavy (non-hydrogen) atoms. The highest BCUT2D eigenvalue weighted by Crippen LogP contribution is 2.38. The summed E-state index contributed by atoms with van der Waals surface area (Å²) in [6, 6.07) is 5.95. The van der Waals surface area contributed by atoms with Crippen molar-refractivity contribution in [2.45, 2.75) is 44.1 Å². The van der Waals surface area contributed by atoms with Gasteiger partial charge in [-0.05, 0) is 50.3 Å². The summed E-state index contributed by atoms with van der Waals surface area (Å²) >= 11 is 0. The molecule has 1 aliphatic heterocycles. The fourth-order valence-corrected chi connectivity index (χ4v) is 3.60. The number of aromatic nitrogens is 3. The quantitative estimate of drug-likeness (QED) is 0.908. The number of rotatable bonds is 5. The molecule has 0 aromatic carbocycles. The van der Waals surface area contributed by atoms with Crippen LogP contribution >= 0.6 is 0 Å². The van der Waals surface area contributed by atoms with E-state index in [-0.39, 0.29) is 11.4 Å². The summed E-state index contributed by atoms with van der Waals surface area (Å²) in [4.78, 5) is 19.4. The van der Waals surface area contributed by atoms with E-state index in [4.69, 9.17) is 0 Å². The Morgan fingerprint density at radius 1 is 1.24 bits per heavy atom. The Morgan fingerprint density at radius 2 is 2.04 bits per heavy atom. The lowest BCUT2D eigenvalue weighted by Gasteiger charge is -2.29. The van der Waals surface area contributed by atoms with Crippen LogP contribution in [-0.2, 0) is 13.5 Å². The van der Waals surface area contributed by atoms with Gasteiger partial charge in [-0.15, -0.1) is 0 Å². The van der Waals surface area contributed by atoms with E-state index < -0.39 is 0 Å². The minimum absolute atomic E-state index is 0.0766. The number of hydrogen-bond acceptors (Lipinski definition) is 4. The van der Waals surface area contributed by atoms with Crippen LogP contribution in [0.15, 0.2) is 30.6 Å². The fraction of sp³-hybridized carbons (Fsp3) is 0.526. The van der Waals surface area contributed by atoms with Gasteiger partial charge in [0.25, 0.3) is 5.91 Å². The first-order chi connectivity index (χ1) is 12.1. The maximum absolute atomic E-state index is 12.7. The number of nitrogens with one attached hydrogen (secondary N) is 1. The number of hydrogen-bond donors (Lipinski definition) is 1. The SMILES string of the molecule is Cn1ccc(CC2(NC(=O)c3cc(N4CCCCC4)ccn3)CC2)n1. The molecule has 1 N–H and O–H groups in total. The zero-order chi connectivity index (χ0) is 17.3. The van der Waals surface area contributed by atoms with Crippen LogP contribution in [0.25, 0.3) is 0 Å². The summed E-state index contributed by atoms with van der Waals surface area (Å²) in [7, 11) is 1.91. The predicted molar refractivity (Wildman–Crippen MR) is 96.6 cm³/mol. The van der Waals surface area contributed by atoms with Crippen molar-refractivity contribution in [3.63, 3.8) is 0 Å². The maximum Gasteiger partial charge on any atom is 0.270 e. The lowest BCUT2D eigenvalue weighted by molar-refractivity contribution is 0.0926. The maximum atomic E-state index is 12.7. The van der Waals surface area contributed by atoms with Gasteiger partial charge in [-0.2, -0.15) is 5.10 Å². The van der Waals surface area contributed by atoms with E-state index in [0.29, 0.717) is 5.69 Å². The van der Waals surface area contributed by atoms with E-state index in [2.05, 4.69) is 20.3 Å². The van der Waals surface area contributed by atoms with Crippen LogP contribution in [0.2, 0.25) is 0 Å². The van der Waals surface area contributed by atoms with Crippen LogP contribution in [0.3, 0.4) is 0 Å². The molecule has 0 unspecified atom stereocenters. The van der Waals surface area contributed by atoms with Crippen molar-refractivity contribution in [2.75, 3.05) is 18.0 Å². The second-order valence-electron chi connectivity index (χ2n) is 7.34. The molecule has 0 radical (unpaired) electrons. The van der Waals surface area contributed by atoms with Crippen molar-refractivity contribution in [3.05, 3.63) is 42.0 Å². The van der Waals surface area contributed by atoms with Gasteiger partial charge in [0.2, 0.25) is 0 Å². The lowest BCUT2D eigenvalue weighted by Crippen LogP contribution is -2.39. The van der Waals surface area contributed by atoms with Gasteiger partial charge < -0.3 is 10.2 Å². The van der Waals surface area contributed by atoms with Gasteiger partial charge in [0.05, 0.1) is 5.69 Å². The van der Waals surface area contributed by atoms with Crippen molar-refractivity contribution in [2.24, 2.45) is 7.05 Å². The Morgan fingerprint density at radius 3 is 2.72 bits per heavy atom. The summed E-state index contributed by atoms with van der Waals surface area (Å²) in [5, 5.41) is 7.64.